The fraction of sp³-hybridized carbons (Fsp3) is 0.429. The number of halogens is 5. The Hall–Kier alpha value is -1.55. The summed E-state index contributed by atoms with van der Waals surface area (Å²) in [5.74, 6) is -1.31. The molecule has 0 aliphatic carbocycles. The summed E-state index contributed by atoms with van der Waals surface area (Å²) in [6.45, 7) is 0.648. The number of carbonyl (C=O) groups is 1. The fourth-order valence-corrected chi connectivity index (χ4v) is 2.36. The van der Waals surface area contributed by atoms with Crippen LogP contribution in [0.1, 0.15) is 12.0 Å². The van der Waals surface area contributed by atoms with Crippen molar-refractivity contribution in [3.63, 3.8) is 0 Å². The molecule has 2 rings (SSSR count). The van der Waals surface area contributed by atoms with Gasteiger partial charge < -0.3 is 5.32 Å². The predicted molar refractivity (Wildman–Crippen MR) is 92.1 cm³/mol. The molecule has 0 spiro atoms. The van der Waals surface area contributed by atoms with Crippen molar-refractivity contribution in [2.75, 3.05) is 25.0 Å². The molecule has 0 aromatic carbocycles. The lowest BCUT2D eigenvalue weighted by atomic mass is 10.2. The summed E-state index contributed by atoms with van der Waals surface area (Å²) in [5, 5.41) is 11.2. The number of anilines is 1. The number of pyridine rings is 1. The quantitative estimate of drug-likeness (QED) is 0.386. The molecule has 0 unspecified atom stereocenters. The van der Waals surface area contributed by atoms with Gasteiger partial charge in [0, 0.05) is 31.4 Å². The molecule has 1 aromatic heterocycles. The van der Waals surface area contributed by atoms with Crippen LogP contribution in [-0.2, 0) is 4.79 Å². The van der Waals surface area contributed by atoms with E-state index in [1.807, 2.05) is 0 Å². The maximum absolute atomic E-state index is 14.0. The highest BCUT2D eigenvalue weighted by atomic mass is 35.5. The van der Waals surface area contributed by atoms with E-state index in [1.54, 1.807) is 4.90 Å². The maximum Gasteiger partial charge on any atom is 0.267 e. The fourth-order valence-electron chi connectivity index (χ4n) is 2.36. The Bertz CT molecular complexity index is 593. The third-order valence-corrected chi connectivity index (χ3v) is 3.41. The molecule has 0 radical (unpaired) electrons. The zero-order valence-corrected chi connectivity index (χ0v) is 14.6. The number of rotatable bonds is 6. The topological polar surface area (TPSA) is 77.5 Å². The predicted octanol–water partition coefficient (Wildman–Crippen LogP) is 2.33. The van der Waals surface area contributed by atoms with Crippen molar-refractivity contribution in [1.29, 1.82) is 0 Å². The molecule has 0 bridgehead atoms. The number of likely N-dealkylation sites (tertiary alicyclic amines) is 1. The summed E-state index contributed by atoms with van der Waals surface area (Å²) in [7, 11) is 0. The molecule has 6 nitrogen and oxygen atoms in total. The van der Waals surface area contributed by atoms with E-state index in [-0.39, 0.29) is 43.2 Å². The third-order valence-electron chi connectivity index (χ3n) is 3.41. The Kier molecular flexibility index (Phi) is 10.4. The van der Waals surface area contributed by atoms with Crippen LogP contribution in [0, 0.1) is 5.82 Å². The number of aromatic nitrogens is 1. The van der Waals surface area contributed by atoms with Crippen LogP contribution >= 0.6 is 24.8 Å². The minimum absolute atomic E-state index is 0. The molecular formula is C14H19Cl2F3N4O2. The van der Waals surface area contributed by atoms with Crippen molar-refractivity contribution < 1.29 is 23.2 Å². The number of hydroxylamine groups is 1. The van der Waals surface area contributed by atoms with Gasteiger partial charge in [0.25, 0.3) is 12.3 Å². The standard InChI is InChI=1S/C14H17F3N4O2.2ClH/c15-11-5-9(1-2-13(22)20-23)6-18-14(11)19-10-3-4-21(7-10)8-12(16)17;;/h1-2,5-6,10,12,23H,3-4,7-8H2,(H,18,19)(H,20,22);2*1H/t10-;;/m1../s1. The second-order valence-electron chi connectivity index (χ2n) is 5.19. The Morgan fingerprint density at radius 3 is 2.80 bits per heavy atom. The number of alkyl halides is 2. The van der Waals surface area contributed by atoms with E-state index in [0.717, 1.165) is 6.08 Å². The van der Waals surface area contributed by atoms with Gasteiger partial charge in [-0.3, -0.25) is 14.9 Å². The lowest BCUT2D eigenvalue weighted by Gasteiger charge is -2.16. The Morgan fingerprint density at radius 2 is 2.20 bits per heavy atom. The molecule has 142 valence electrons. The Labute approximate surface area is 155 Å². The highest BCUT2D eigenvalue weighted by Gasteiger charge is 2.25. The number of hydrogen-bond donors (Lipinski definition) is 3. The van der Waals surface area contributed by atoms with Crippen LogP contribution in [0.2, 0.25) is 0 Å². The van der Waals surface area contributed by atoms with E-state index in [1.165, 1.54) is 23.8 Å². The van der Waals surface area contributed by atoms with E-state index in [2.05, 4.69) is 10.3 Å². The van der Waals surface area contributed by atoms with Gasteiger partial charge >= 0.3 is 0 Å². The molecule has 1 aliphatic heterocycles. The normalized spacial score (nSPS) is 17.2. The minimum atomic E-state index is -2.38. The van der Waals surface area contributed by atoms with Gasteiger partial charge in [-0.25, -0.2) is 23.6 Å². The Balaban J connectivity index is 0.00000288. The summed E-state index contributed by atoms with van der Waals surface area (Å²) in [4.78, 5) is 16.4. The SMILES string of the molecule is Cl.Cl.O=C(C=Cc1cnc(N[C@@H]2CCN(CC(F)F)C2)c(F)c1)NO. The van der Waals surface area contributed by atoms with Gasteiger partial charge in [0.1, 0.15) is 0 Å². The van der Waals surface area contributed by atoms with Gasteiger partial charge in [-0.05, 0) is 24.1 Å². The number of nitrogens with one attached hydrogen (secondary N) is 2. The smallest absolute Gasteiger partial charge is 0.267 e. The first kappa shape index (κ1) is 23.4. The van der Waals surface area contributed by atoms with Gasteiger partial charge in [0.15, 0.2) is 11.6 Å². The lowest BCUT2D eigenvalue weighted by Crippen LogP contribution is -2.30. The average Bonchev–Trinajstić information content (AvgIpc) is 2.93. The molecular weight excluding hydrogens is 384 g/mol. The minimum Gasteiger partial charge on any atom is -0.364 e. The second kappa shape index (κ2) is 11.1. The first-order valence-electron chi connectivity index (χ1n) is 7.02. The van der Waals surface area contributed by atoms with Crippen LogP contribution in [0.15, 0.2) is 18.3 Å². The van der Waals surface area contributed by atoms with Crippen molar-refractivity contribution in [2.45, 2.75) is 18.9 Å². The van der Waals surface area contributed by atoms with Gasteiger partial charge in [-0.15, -0.1) is 24.8 Å². The van der Waals surface area contributed by atoms with E-state index in [0.29, 0.717) is 25.1 Å². The molecule has 1 aromatic rings. The van der Waals surface area contributed by atoms with Crippen LogP contribution < -0.4 is 10.8 Å². The molecule has 1 atom stereocenters. The van der Waals surface area contributed by atoms with Crippen molar-refractivity contribution in [1.82, 2.24) is 15.4 Å². The third kappa shape index (κ3) is 7.47. The summed E-state index contributed by atoms with van der Waals surface area (Å²) >= 11 is 0. The summed E-state index contributed by atoms with van der Waals surface area (Å²) < 4.78 is 38.6. The number of amides is 1. The van der Waals surface area contributed by atoms with Crippen LogP contribution in [-0.4, -0.2) is 53.1 Å². The van der Waals surface area contributed by atoms with E-state index in [4.69, 9.17) is 5.21 Å². The number of carbonyl (C=O) groups excluding carboxylic acids is 1. The monoisotopic (exact) mass is 402 g/mol. The zero-order valence-electron chi connectivity index (χ0n) is 13.0. The first-order chi connectivity index (χ1) is 11.0. The van der Waals surface area contributed by atoms with E-state index in [9.17, 15) is 18.0 Å². The molecule has 2 heterocycles. The average molecular weight is 403 g/mol. The van der Waals surface area contributed by atoms with Crippen LogP contribution in [0.3, 0.4) is 0 Å². The van der Waals surface area contributed by atoms with Crippen molar-refractivity contribution in [3.8, 4) is 0 Å². The molecule has 0 saturated carbocycles. The molecule has 1 fully saturated rings. The molecule has 1 amide bonds. The molecule has 1 saturated heterocycles. The van der Waals surface area contributed by atoms with Gasteiger partial charge in [0.05, 0.1) is 6.54 Å². The van der Waals surface area contributed by atoms with Crippen molar-refractivity contribution in [3.05, 3.63) is 29.7 Å². The highest BCUT2D eigenvalue weighted by molar-refractivity contribution is 5.90. The zero-order chi connectivity index (χ0) is 16.8. The van der Waals surface area contributed by atoms with Crippen LogP contribution in [0.5, 0.6) is 0 Å². The van der Waals surface area contributed by atoms with Crippen LogP contribution in [0.4, 0.5) is 19.0 Å². The van der Waals surface area contributed by atoms with E-state index < -0.39 is 18.1 Å². The molecule has 1 aliphatic rings. The molecule has 25 heavy (non-hydrogen) atoms. The number of nitrogens with zero attached hydrogens (tertiary/aromatic N) is 2. The van der Waals surface area contributed by atoms with Gasteiger partial charge in [-0.2, -0.15) is 0 Å². The highest BCUT2D eigenvalue weighted by Crippen LogP contribution is 2.18. The van der Waals surface area contributed by atoms with Gasteiger partial charge in [0.2, 0.25) is 0 Å². The maximum atomic E-state index is 14.0. The lowest BCUT2D eigenvalue weighted by molar-refractivity contribution is -0.124. The molecule has 11 heteroatoms. The summed E-state index contributed by atoms with van der Waals surface area (Å²) in [5.41, 5.74) is 1.77. The largest absolute Gasteiger partial charge is 0.364 e. The van der Waals surface area contributed by atoms with Crippen molar-refractivity contribution >= 4 is 42.6 Å². The van der Waals surface area contributed by atoms with E-state index >= 15 is 0 Å². The van der Waals surface area contributed by atoms with Gasteiger partial charge in [-0.1, -0.05) is 0 Å². The summed E-state index contributed by atoms with van der Waals surface area (Å²) in [6, 6.07) is 1.04. The summed E-state index contributed by atoms with van der Waals surface area (Å²) in [6.07, 6.45) is 1.93. The number of hydrogen-bond acceptors (Lipinski definition) is 5. The first-order valence-corrected chi connectivity index (χ1v) is 7.02. The van der Waals surface area contributed by atoms with Crippen molar-refractivity contribution in [2.24, 2.45) is 0 Å². The van der Waals surface area contributed by atoms with Crippen LogP contribution in [0.25, 0.3) is 6.08 Å². The second-order valence-corrected chi connectivity index (χ2v) is 5.19. The Morgan fingerprint density at radius 1 is 1.48 bits per heavy atom. The molecule has 3 N–H and O–H groups in total.